The van der Waals surface area contributed by atoms with Gasteiger partial charge in [-0.1, -0.05) is 33.1 Å². The Bertz CT molecular complexity index is 481. The summed E-state index contributed by atoms with van der Waals surface area (Å²) in [6, 6.07) is 0.290. The van der Waals surface area contributed by atoms with Gasteiger partial charge in [-0.15, -0.1) is 0 Å². The second-order valence-electron chi connectivity index (χ2n) is 5.98. The first-order valence-corrected chi connectivity index (χ1v) is 8.03. The summed E-state index contributed by atoms with van der Waals surface area (Å²) in [7, 11) is 0. The standard InChI is InChI=1S/C16H26N4O/c1-4-17-13-10-18-15(11(2)3)20-14(13)16(21)19-12-8-6-5-7-9-12/h10-12,17H,4-9H2,1-3H3,(H,19,21). The molecule has 1 aromatic rings. The van der Waals surface area contributed by atoms with Crippen LogP contribution in [0.5, 0.6) is 0 Å². The van der Waals surface area contributed by atoms with E-state index in [0.717, 1.165) is 25.1 Å². The predicted octanol–water partition coefficient (Wildman–Crippen LogP) is 3.09. The number of carbonyl (C=O) groups is 1. The van der Waals surface area contributed by atoms with Gasteiger partial charge in [0.15, 0.2) is 5.69 Å². The SMILES string of the molecule is CCNc1cnc(C(C)C)nc1C(=O)NC1CCCCC1. The summed E-state index contributed by atoms with van der Waals surface area (Å²) >= 11 is 0. The highest BCUT2D eigenvalue weighted by Gasteiger charge is 2.21. The van der Waals surface area contributed by atoms with Crippen LogP contribution in [0.1, 0.15) is 75.1 Å². The number of nitrogens with one attached hydrogen (secondary N) is 2. The highest BCUT2D eigenvalue weighted by Crippen LogP contribution is 2.20. The van der Waals surface area contributed by atoms with Crippen molar-refractivity contribution in [3.63, 3.8) is 0 Å². The van der Waals surface area contributed by atoms with Crippen LogP contribution in [0, 0.1) is 0 Å². The van der Waals surface area contributed by atoms with E-state index in [1.807, 2.05) is 20.8 Å². The first-order valence-electron chi connectivity index (χ1n) is 8.03. The van der Waals surface area contributed by atoms with E-state index in [2.05, 4.69) is 20.6 Å². The third kappa shape index (κ3) is 4.16. The van der Waals surface area contributed by atoms with Crippen molar-refractivity contribution in [2.75, 3.05) is 11.9 Å². The molecule has 0 atom stereocenters. The number of hydrogen-bond acceptors (Lipinski definition) is 4. The second-order valence-corrected chi connectivity index (χ2v) is 5.98. The lowest BCUT2D eigenvalue weighted by molar-refractivity contribution is 0.0923. The Morgan fingerprint density at radius 2 is 2.05 bits per heavy atom. The van der Waals surface area contributed by atoms with Crippen molar-refractivity contribution in [3.8, 4) is 0 Å². The van der Waals surface area contributed by atoms with Crippen molar-refractivity contribution in [3.05, 3.63) is 17.7 Å². The number of hydrogen-bond donors (Lipinski definition) is 2. The Kier molecular flexibility index (Phi) is 5.53. The zero-order chi connectivity index (χ0) is 15.2. The fourth-order valence-electron chi connectivity index (χ4n) is 2.67. The summed E-state index contributed by atoms with van der Waals surface area (Å²) in [6.07, 6.45) is 7.55. The van der Waals surface area contributed by atoms with Crippen LogP contribution in [-0.4, -0.2) is 28.5 Å². The largest absolute Gasteiger partial charge is 0.382 e. The zero-order valence-electron chi connectivity index (χ0n) is 13.3. The van der Waals surface area contributed by atoms with Gasteiger partial charge in [0.25, 0.3) is 5.91 Å². The summed E-state index contributed by atoms with van der Waals surface area (Å²) in [4.78, 5) is 21.3. The fourth-order valence-corrected chi connectivity index (χ4v) is 2.67. The summed E-state index contributed by atoms with van der Waals surface area (Å²) < 4.78 is 0. The molecular formula is C16H26N4O. The molecule has 5 nitrogen and oxygen atoms in total. The molecule has 0 radical (unpaired) electrons. The molecule has 0 aliphatic heterocycles. The molecule has 21 heavy (non-hydrogen) atoms. The molecule has 1 saturated carbocycles. The van der Waals surface area contributed by atoms with Crippen LogP contribution in [0.3, 0.4) is 0 Å². The van der Waals surface area contributed by atoms with Crippen molar-refractivity contribution in [2.24, 2.45) is 0 Å². The zero-order valence-corrected chi connectivity index (χ0v) is 13.3. The third-order valence-electron chi connectivity index (χ3n) is 3.85. The van der Waals surface area contributed by atoms with Crippen LogP contribution in [-0.2, 0) is 0 Å². The van der Waals surface area contributed by atoms with Gasteiger partial charge in [0.05, 0.1) is 11.9 Å². The second kappa shape index (κ2) is 7.38. The fraction of sp³-hybridized carbons (Fsp3) is 0.688. The molecule has 0 unspecified atom stereocenters. The lowest BCUT2D eigenvalue weighted by atomic mass is 9.95. The van der Waals surface area contributed by atoms with E-state index in [0.29, 0.717) is 11.5 Å². The van der Waals surface area contributed by atoms with Crippen LogP contribution in [0.15, 0.2) is 6.20 Å². The summed E-state index contributed by atoms with van der Waals surface area (Å²) in [5.74, 6) is 0.842. The summed E-state index contributed by atoms with van der Waals surface area (Å²) in [5, 5.41) is 6.31. The third-order valence-corrected chi connectivity index (χ3v) is 3.85. The minimum absolute atomic E-state index is 0.0813. The smallest absolute Gasteiger partial charge is 0.272 e. The van der Waals surface area contributed by atoms with Gasteiger partial charge in [0.1, 0.15) is 5.82 Å². The Hall–Kier alpha value is -1.65. The van der Waals surface area contributed by atoms with Crippen LogP contribution in [0.2, 0.25) is 0 Å². The molecule has 1 fully saturated rings. The van der Waals surface area contributed by atoms with Crippen molar-refractivity contribution in [2.45, 2.75) is 64.8 Å². The van der Waals surface area contributed by atoms with Crippen molar-refractivity contribution < 1.29 is 4.79 Å². The lowest BCUT2D eigenvalue weighted by Crippen LogP contribution is -2.37. The van der Waals surface area contributed by atoms with Crippen molar-refractivity contribution >= 4 is 11.6 Å². The first kappa shape index (κ1) is 15.7. The number of rotatable bonds is 5. The van der Waals surface area contributed by atoms with Crippen molar-refractivity contribution in [1.29, 1.82) is 0 Å². The monoisotopic (exact) mass is 290 g/mol. The quantitative estimate of drug-likeness (QED) is 0.874. The van der Waals surface area contributed by atoms with E-state index < -0.39 is 0 Å². The van der Waals surface area contributed by atoms with Gasteiger partial charge in [-0.3, -0.25) is 4.79 Å². The molecule has 1 aliphatic carbocycles. The van der Waals surface area contributed by atoms with Gasteiger partial charge < -0.3 is 10.6 Å². The molecule has 0 aromatic carbocycles. The van der Waals surface area contributed by atoms with Gasteiger partial charge in [-0.25, -0.2) is 9.97 Å². The molecule has 5 heteroatoms. The molecule has 1 aliphatic rings. The van der Waals surface area contributed by atoms with Gasteiger partial charge >= 0.3 is 0 Å². The van der Waals surface area contributed by atoms with E-state index in [9.17, 15) is 4.79 Å². The van der Waals surface area contributed by atoms with E-state index in [4.69, 9.17) is 0 Å². The molecule has 116 valence electrons. The van der Waals surface area contributed by atoms with Gasteiger partial charge in [-0.2, -0.15) is 0 Å². The normalized spacial score (nSPS) is 16.0. The van der Waals surface area contributed by atoms with Crippen LogP contribution < -0.4 is 10.6 Å². The highest BCUT2D eigenvalue weighted by molar-refractivity contribution is 5.97. The number of amides is 1. The van der Waals surface area contributed by atoms with E-state index >= 15 is 0 Å². The van der Waals surface area contributed by atoms with E-state index in [1.165, 1.54) is 19.3 Å². The van der Waals surface area contributed by atoms with Crippen LogP contribution >= 0.6 is 0 Å². The van der Waals surface area contributed by atoms with Gasteiger partial charge in [0, 0.05) is 18.5 Å². The van der Waals surface area contributed by atoms with E-state index in [-0.39, 0.29) is 17.9 Å². The molecule has 0 spiro atoms. The summed E-state index contributed by atoms with van der Waals surface area (Å²) in [6.45, 7) is 6.81. The molecule has 0 bridgehead atoms. The first-order chi connectivity index (χ1) is 10.1. The van der Waals surface area contributed by atoms with Crippen LogP contribution in [0.25, 0.3) is 0 Å². The average molecular weight is 290 g/mol. The Balaban J connectivity index is 2.17. The maximum atomic E-state index is 12.5. The van der Waals surface area contributed by atoms with Gasteiger partial charge in [0.2, 0.25) is 0 Å². The Morgan fingerprint density at radius 1 is 1.33 bits per heavy atom. The number of aromatic nitrogens is 2. The van der Waals surface area contributed by atoms with E-state index in [1.54, 1.807) is 6.20 Å². The number of anilines is 1. The van der Waals surface area contributed by atoms with Crippen LogP contribution in [0.4, 0.5) is 5.69 Å². The minimum Gasteiger partial charge on any atom is -0.382 e. The molecule has 2 N–H and O–H groups in total. The molecule has 1 heterocycles. The molecule has 2 rings (SSSR count). The molecular weight excluding hydrogens is 264 g/mol. The topological polar surface area (TPSA) is 66.9 Å². The Morgan fingerprint density at radius 3 is 2.67 bits per heavy atom. The number of carbonyl (C=O) groups excluding carboxylic acids is 1. The average Bonchev–Trinajstić information content (AvgIpc) is 2.48. The maximum Gasteiger partial charge on any atom is 0.272 e. The maximum absolute atomic E-state index is 12.5. The molecule has 1 aromatic heterocycles. The molecule has 1 amide bonds. The highest BCUT2D eigenvalue weighted by atomic mass is 16.2. The minimum atomic E-state index is -0.0813. The summed E-state index contributed by atoms with van der Waals surface area (Å²) in [5.41, 5.74) is 1.19. The Labute approximate surface area is 127 Å². The van der Waals surface area contributed by atoms with Crippen molar-refractivity contribution in [1.82, 2.24) is 15.3 Å². The lowest BCUT2D eigenvalue weighted by Gasteiger charge is -2.23. The van der Waals surface area contributed by atoms with Gasteiger partial charge in [-0.05, 0) is 19.8 Å². The predicted molar refractivity (Wildman–Crippen MR) is 84.6 cm³/mol. The molecule has 0 saturated heterocycles. The number of nitrogens with zero attached hydrogens (tertiary/aromatic N) is 2.